The maximum absolute atomic E-state index is 11.7. The summed E-state index contributed by atoms with van der Waals surface area (Å²) in [4.78, 5) is 0. The lowest BCUT2D eigenvalue weighted by molar-refractivity contribution is 0.125. The molecule has 122 valence electrons. The number of halogens is 1. The third-order valence-electron chi connectivity index (χ3n) is 4.06. The number of aromatic hydroxyl groups is 1. The van der Waals surface area contributed by atoms with E-state index in [-0.39, 0.29) is 5.75 Å². The van der Waals surface area contributed by atoms with Gasteiger partial charge in [0.2, 0.25) is 0 Å². The van der Waals surface area contributed by atoms with Gasteiger partial charge < -0.3 is 14.9 Å². The molecular formula is C20H17ClO3. The lowest BCUT2D eigenvalue weighted by Crippen LogP contribution is -2.29. The third-order valence-corrected chi connectivity index (χ3v) is 4.39. The highest BCUT2D eigenvalue weighted by atomic mass is 35.5. The molecule has 24 heavy (non-hydrogen) atoms. The number of ether oxygens (including phenoxy) is 1. The topological polar surface area (TPSA) is 49.7 Å². The van der Waals surface area contributed by atoms with E-state index in [1.165, 1.54) is 0 Å². The van der Waals surface area contributed by atoms with Crippen molar-refractivity contribution in [2.75, 3.05) is 7.11 Å². The van der Waals surface area contributed by atoms with Gasteiger partial charge in [-0.2, -0.15) is 0 Å². The molecule has 0 aliphatic heterocycles. The Balaban J connectivity index is 2.23. The first-order chi connectivity index (χ1) is 11.6. The van der Waals surface area contributed by atoms with Crippen LogP contribution < -0.4 is 4.74 Å². The number of phenols is 1. The molecule has 0 spiro atoms. The summed E-state index contributed by atoms with van der Waals surface area (Å²) < 4.78 is 5.19. The van der Waals surface area contributed by atoms with E-state index in [9.17, 15) is 10.2 Å². The summed E-state index contributed by atoms with van der Waals surface area (Å²) in [6, 6.07) is 20.8. The molecule has 3 aromatic carbocycles. The standard InChI is InChI=1S/C20H17ClO3/c1-24-17-12-8-15(9-13-17)20(23,14-6-10-16(22)11-7-14)18-4-2-3-5-19(18)21/h2-13,22-23H,1H3. The molecule has 3 nitrogen and oxygen atoms in total. The van der Waals surface area contributed by atoms with Crippen LogP contribution >= 0.6 is 11.6 Å². The second-order valence-corrected chi connectivity index (χ2v) is 5.87. The molecule has 1 atom stereocenters. The summed E-state index contributed by atoms with van der Waals surface area (Å²) in [5.41, 5.74) is 0.390. The van der Waals surface area contributed by atoms with Crippen LogP contribution in [0, 0.1) is 0 Å². The first-order valence-corrected chi connectivity index (χ1v) is 7.85. The Morgan fingerprint density at radius 1 is 0.833 bits per heavy atom. The molecule has 0 saturated heterocycles. The normalized spacial score (nSPS) is 13.3. The molecule has 0 radical (unpaired) electrons. The smallest absolute Gasteiger partial charge is 0.142 e. The van der Waals surface area contributed by atoms with Gasteiger partial charge in [-0.15, -0.1) is 0 Å². The summed E-state index contributed by atoms with van der Waals surface area (Å²) in [6.07, 6.45) is 0. The van der Waals surface area contributed by atoms with Gasteiger partial charge in [-0.05, 0) is 41.5 Å². The molecule has 0 bridgehead atoms. The summed E-state index contributed by atoms with van der Waals surface area (Å²) >= 11 is 6.36. The Kier molecular flexibility index (Phi) is 4.47. The van der Waals surface area contributed by atoms with Gasteiger partial charge in [0.05, 0.1) is 7.11 Å². The van der Waals surface area contributed by atoms with Crippen LogP contribution in [0.5, 0.6) is 11.5 Å². The molecule has 0 saturated carbocycles. The Hall–Kier alpha value is -2.49. The molecule has 3 rings (SSSR count). The zero-order valence-electron chi connectivity index (χ0n) is 13.1. The highest BCUT2D eigenvalue weighted by Crippen LogP contribution is 2.40. The molecule has 0 amide bonds. The van der Waals surface area contributed by atoms with Crippen molar-refractivity contribution in [3.63, 3.8) is 0 Å². The molecule has 2 N–H and O–H groups in total. The fourth-order valence-electron chi connectivity index (χ4n) is 2.77. The van der Waals surface area contributed by atoms with Crippen molar-refractivity contribution in [2.45, 2.75) is 5.60 Å². The van der Waals surface area contributed by atoms with Crippen molar-refractivity contribution in [3.8, 4) is 11.5 Å². The van der Waals surface area contributed by atoms with Crippen LogP contribution in [-0.2, 0) is 5.60 Å². The van der Waals surface area contributed by atoms with E-state index < -0.39 is 5.60 Å². The molecule has 0 fully saturated rings. The van der Waals surface area contributed by atoms with Crippen molar-refractivity contribution in [1.29, 1.82) is 0 Å². The second kappa shape index (κ2) is 6.56. The van der Waals surface area contributed by atoms with Crippen molar-refractivity contribution in [2.24, 2.45) is 0 Å². The quantitative estimate of drug-likeness (QED) is 0.695. The van der Waals surface area contributed by atoms with Crippen molar-refractivity contribution < 1.29 is 14.9 Å². The van der Waals surface area contributed by atoms with E-state index in [0.29, 0.717) is 27.5 Å². The molecule has 0 aromatic heterocycles. The second-order valence-electron chi connectivity index (χ2n) is 5.47. The van der Waals surface area contributed by atoms with Gasteiger partial charge >= 0.3 is 0 Å². The number of benzene rings is 3. The predicted octanol–water partition coefficient (Wildman–Crippen LogP) is 4.34. The fourth-order valence-corrected chi connectivity index (χ4v) is 3.04. The zero-order valence-corrected chi connectivity index (χ0v) is 13.9. The SMILES string of the molecule is COc1ccc(C(O)(c2ccc(O)cc2)c2ccccc2Cl)cc1. The van der Waals surface area contributed by atoms with Crippen LogP contribution in [0.3, 0.4) is 0 Å². The Bertz CT molecular complexity index is 828. The fraction of sp³-hybridized carbons (Fsp3) is 0.100. The van der Waals surface area contributed by atoms with Gasteiger partial charge in [0.25, 0.3) is 0 Å². The number of aliphatic hydroxyl groups is 1. The van der Waals surface area contributed by atoms with E-state index >= 15 is 0 Å². The zero-order chi connectivity index (χ0) is 17.2. The molecular weight excluding hydrogens is 324 g/mol. The molecule has 4 heteroatoms. The Labute approximate surface area is 145 Å². The van der Waals surface area contributed by atoms with Gasteiger partial charge in [0.15, 0.2) is 0 Å². The van der Waals surface area contributed by atoms with Gasteiger partial charge in [0, 0.05) is 10.6 Å². The molecule has 0 heterocycles. The van der Waals surface area contributed by atoms with Crippen LogP contribution in [0.4, 0.5) is 0 Å². The highest BCUT2D eigenvalue weighted by Gasteiger charge is 2.35. The number of hydrogen-bond donors (Lipinski definition) is 2. The van der Waals surface area contributed by atoms with Crippen LogP contribution in [-0.4, -0.2) is 17.3 Å². The van der Waals surface area contributed by atoms with Crippen molar-refractivity contribution >= 4 is 11.6 Å². The first kappa shape index (κ1) is 16.4. The number of hydrogen-bond acceptors (Lipinski definition) is 3. The lowest BCUT2D eigenvalue weighted by atomic mass is 9.80. The van der Waals surface area contributed by atoms with E-state index in [1.54, 1.807) is 67.8 Å². The predicted molar refractivity (Wildman–Crippen MR) is 94.7 cm³/mol. The van der Waals surface area contributed by atoms with Gasteiger partial charge in [-0.25, -0.2) is 0 Å². The number of rotatable bonds is 4. The maximum atomic E-state index is 11.7. The van der Waals surface area contributed by atoms with Gasteiger partial charge in [-0.1, -0.05) is 54.1 Å². The molecule has 0 aliphatic carbocycles. The lowest BCUT2D eigenvalue weighted by Gasteiger charge is -2.31. The minimum absolute atomic E-state index is 0.134. The maximum Gasteiger partial charge on any atom is 0.142 e. The monoisotopic (exact) mass is 340 g/mol. The van der Waals surface area contributed by atoms with Crippen LogP contribution in [0.15, 0.2) is 72.8 Å². The largest absolute Gasteiger partial charge is 0.508 e. The summed E-state index contributed by atoms with van der Waals surface area (Å²) in [5.74, 6) is 0.834. The minimum Gasteiger partial charge on any atom is -0.508 e. The van der Waals surface area contributed by atoms with Gasteiger partial charge in [-0.3, -0.25) is 0 Å². The van der Waals surface area contributed by atoms with Crippen LogP contribution in [0.25, 0.3) is 0 Å². The van der Waals surface area contributed by atoms with E-state index in [1.807, 2.05) is 12.1 Å². The Morgan fingerprint density at radius 2 is 1.38 bits per heavy atom. The highest BCUT2D eigenvalue weighted by molar-refractivity contribution is 6.31. The van der Waals surface area contributed by atoms with Crippen LogP contribution in [0.2, 0.25) is 5.02 Å². The van der Waals surface area contributed by atoms with Crippen molar-refractivity contribution in [1.82, 2.24) is 0 Å². The summed E-state index contributed by atoms with van der Waals surface area (Å²) in [7, 11) is 1.59. The summed E-state index contributed by atoms with van der Waals surface area (Å²) in [6.45, 7) is 0. The first-order valence-electron chi connectivity index (χ1n) is 7.47. The van der Waals surface area contributed by atoms with Crippen LogP contribution in [0.1, 0.15) is 16.7 Å². The number of methoxy groups -OCH3 is 1. The average Bonchev–Trinajstić information content (AvgIpc) is 2.62. The van der Waals surface area contributed by atoms with E-state index in [4.69, 9.17) is 16.3 Å². The molecule has 1 unspecified atom stereocenters. The minimum atomic E-state index is -1.45. The van der Waals surface area contributed by atoms with Gasteiger partial charge in [0.1, 0.15) is 17.1 Å². The Morgan fingerprint density at radius 3 is 1.92 bits per heavy atom. The number of phenolic OH excluding ortho intramolecular Hbond substituents is 1. The molecule has 3 aromatic rings. The third kappa shape index (κ3) is 2.84. The van der Waals surface area contributed by atoms with Crippen molar-refractivity contribution in [3.05, 3.63) is 94.5 Å². The van der Waals surface area contributed by atoms with E-state index in [0.717, 1.165) is 0 Å². The molecule has 0 aliphatic rings. The van der Waals surface area contributed by atoms with E-state index in [2.05, 4.69) is 0 Å². The summed E-state index contributed by atoms with van der Waals surface area (Å²) in [5, 5.41) is 21.7. The average molecular weight is 341 g/mol.